The molecule has 0 bridgehead atoms. The van der Waals surface area contributed by atoms with Crippen molar-refractivity contribution in [3.05, 3.63) is 65.7 Å². The van der Waals surface area contributed by atoms with E-state index in [0.717, 1.165) is 17.5 Å². The second-order valence-electron chi connectivity index (χ2n) is 6.22. The van der Waals surface area contributed by atoms with Crippen molar-refractivity contribution in [2.24, 2.45) is 0 Å². The van der Waals surface area contributed by atoms with Gasteiger partial charge in [-0.25, -0.2) is 4.79 Å². The molecule has 0 radical (unpaired) electrons. The second-order valence-corrected chi connectivity index (χ2v) is 6.22. The smallest absolute Gasteiger partial charge is 0.344 e. The van der Waals surface area contributed by atoms with Gasteiger partial charge in [0.05, 0.1) is 6.61 Å². The standard InChI is InChI=1S/C21H27NO4/c1-3-25-21(24)15-26-19-11-9-18(10-12-19)13-16(2)22-20(23)14-17-7-5-4-6-8-17/h4-12,16,20,22-23H,3,13-15H2,1-2H3/t16-,20-/m1/s1. The maximum Gasteiger partial charge on any atom is 0.344 e. The topological polar surface area (TPSA) is 67.8 Å². The van der Waals surface area contributed by atoms with Crippen molar-refractivity contribution >= 4 is 5.97 Å². The number of hydrogen-bond donors (Lipinski definition) is 2. The Morgan fingerprint density at radius 1 is 1.04 bits per heavy atom. The molecule has 2 rings (SSSR count). The Hall–Kier alpha value is -2.37. The van der Waals surface area contributed by atoms with E-state index in [1.807, 2.05) is 61.5 Å². The van der Waals surface area contributed by atoms with Crippen molar-refractivity contribution in [2.75, 3.05) is 13.2 Å². The van der Waals surface area contributed by atoms with Crippen LogP contribution >= 0.6 is 0 Å². The molecule has 0 aliphatic rings. The highest BCUT2D eigenvalue weighted by Crippen LogP contribution is 2.14. The normalized spacial score (nSPS) is 13.0. The quantitative estimate of drug-likeness (QED) is 0.505. The molecule has 0 aromatic heterocycles. The summed E-state index contributed by atoms with van der Waals surface area (Å²) in [4.78, 5) is 11.3. The summed E-state index contributed by atoms with van der Waals surface area (Å²) < 4.78 is 10.2. The number of benzene rings is 2. The van der Waals surface area contributed by atoms with Gasteiger partial charge < -0.3 is 14.6 Å². The third-order valence-electron chi connectivity index (χ3n) is 3.88. The van der Waals surface area contributed by atoms with Gasteiger partial charge in [0.1, 0.15) is 12.0 Å². The zero-order valence-electron chi connectivity index (χ0n) is 15.4. The maximum atomic E-state index is 11.3. The Morgan fingerprint density at radius 2 is 1.69 bits per heavy atom. The number of esters is 1. The van der Waals surface area contributed by atoms with E-state index in [9.17, 15) is 9.90 Å². The van der Waals surface area contributed by atoms with Gasteiger partial charge in [0.2, 0.25) is 0 Å². The summed E-state index contributed by atoms with van der Waals surface area (Å²) in [5.41, 5.74) is 2.23. The van der Waals surface area contributed by atoms with E-state index in [1.165, 1.54) is 0 Å². The first-order valence-electron chi connectivity index (χ1n) is 8.92. The van der Waals surface area contributed by atoms with E-state index in [4.69, 9.17) is 9.47 Å². The molecule has 2 aromatic carbocycles. The van der Waals surface area contributed by atoms with Crippen LogP contribution in [-0.2, 0) is 22.4 Å². The number of nitrogens with one attached hydrogen (secondary N) is 1. The predicted molar refractivity (Wildman–Crippen MR) is 101 cm³/mol. The average Bonchev–Trinajstić information content (AvgIpc) is 2.62. The lowest BCUT2D eigenvalue weighted by molar-refractivity contribution is -0.145. The summed E-state index contributed by atoms with van der Waals surface area (Å²) in [6.07, 6.45) is 0.773. The molecule has 26 heavy (non-hydrogen) atoms. The van der Waals surface area contributed by atoms with Crippen LogP contribution in [-0.4, -0.2) is 36.6 Å². The van der Waals surface area contributed by atoms with Gasteiger partial charge in [-0.15, -0.1) is 0 Å². The maximum absolute atomic E-state index is 11.3. The summed E-state index contributed by atoms with van der Waals surface area (Å²) in [5.74, 6) is 0.258. The fourth-order valence-corrected chi connectivity index (χ4v) is 2.70. The largest absolute Gasteiger partial charge is 0.482 e. The van der Waals surface area contributed by atoms with Crippen molar-refractivity contribution in [3.63, 3.8) is 0 Å². The molecule has 0 fully saturated rings. The molecule has 0 amide bonds. The first-order chi connectivity index (χ1) is 12.6. The minimum Gasteiger partial charge on any atom is -0.482 e. The summed E-state index contributed by atoms with van der Waals surface area (Å²) in [6.45, 7) is 4.07. The SMILES string of the molecule is CCOC(=O)COc1ccc(C[C@@H](C)N[C@H](O)Cc2ccccc2)cc1. The van der Waals surface area contributed by atoms with Crippen LogP contribution in [0, 0.1) is 0 Å². The van der Waals surface area contributed by atoms with Crippen LogP contribution < -0.4 is 10.1 Å². The van der Waals surface area contributed by atoms with E-state index in [0.29, 0.717) is 18.8 Å². The number of carbonyl (C=O) groups is 1. The van der Waals surface area contributed by atoms with E-state index in [2.05, 4.69) is 5.32 Å². The minimum absolute atomic E-state index is 0.0865. The van der Waals surface area contributed by atoms with Crippen LogP contribution in [0.3, 0.4) is 0 Å². The van der Waals surface area contributed by atoms with Gasteiger partial charge in [-0.1, -0.05) is 42.5 Å². The van der Waals surface area contributed by atoms with Crippen molar-refractivity contribution in [1.29, 1.82) is 0 Å². The molecule has 2 atom stereocenters. The number of rotatable bonds is 10. The zero-order chi connectivity index (χ0) is 18.8. The molecule has 0 saturated carbocycles. The van der Waals surface area contributed by atoms with Gasteiger partial charge in [-0.05, 0) is 43.5 Å². The van der Waals surface area contributed by atoms with Gasteiger partial charge in [0.25, 0.3) is 0 Å². The highest BCUT2D eigenvalue weighted by molar-refractivity contribution is 5.71. The fraction of sp³-hybridized carbons (Fsp3) is 0.381. The van der Waals surface area contributed by atoms with Crippen LogP contribution in [0.25, 0.3) is 0 Å². The fourth-order valence-electron chi connectivity index (χ4n) is 2.70. The number of carbonyl (C=O) groups excluding carboxylic acids is 1. The Morgan fingerprint density at radius 3 is 2.35 bits per heavy atom. The summed E-state index contributed by atoms with van der Waals surface area (Å²) in [7, 11) is 0. The summed E-state index contributed by atoms with van der Waals surface area (Å²) >= 11 is 0. The number of aliphatic hydroxyl groups is 1. The molecular formula is C21H27NO4. The van der Waals surface area contributed by atoms with Crippen molar-refractivity contribution in [2.45, 2.75) is 39.0 Å². The zero-order valence-corrected chi connectivity index (χ0v) is 15.4. The Balaban J connectivity index is 1.76. The molecule has 5 heteroatoms. The number of hydrogen-bond acceptors (Lipinski definition) is 5. The highest BCUT2D eigenvalue weighted by Gasteiger charge is 2.10. The predicted octanol–water partition coefficient (Wildman–Crippen LogP) is 2.71. The van der Waals surface area contributed by atoms with Crippen LogP contribution in [0.15, 0.2) is 54.6 Å². The van der Waals surface area contributed by atoms with E-state index < -0.39 is 6.23 Å². The van der Waals surface area contributed by atoms with Crippen LogP contribution in [0.1, 0.15) is 25.0 Å². The first kappa shape index (κ1) is 19.9. The van der Waals surface area contributed by atoms with E-state index >= 15 is 0 Å². The van der Waals surface area contributed by atoms with Gasteiger partial charge in [-0.3, -0.25) is 5.32 Å². The molecular weight excluding hydrogens is 330 g/mol. The molecule has 0 heterocycles. The number of aliphatic hydroxyl groups excluding tert-OH is 1. The van der Waals surface area contributed by atoms with Crippen molar-refractivity contribution < 1.29 is 19.4 Å². The van der Waals surface area contributed by atoms with Gasteiger partial charge in [0.15, 0.2) is 6.61 Å². The van der Waals surface area contributed by atoms with Crippen LogP contribution in [0.5, 0.6) is 5.75 Å². The third kappa shape index (κ3) is 7.25. The molecule has 0 unspecified atom stereocenters. The molecule has 0 aliphatic heterocycles. The highest BCUT2D eigenvalue weighted by atomic mass is 16.6. The lowest BCUT2D eigenvalue weighted by Crippen LogP contribution is -2.39. The van der Waals surface area contributed by atoms with Crippen LogP contribution in [0.2, 0.25) is 0 Å². The van der Waals surface area contributed by atoms with E-state index in [-0.39, 0.29) is 18.6 Å². The molecule has 2 N–H and O–H groups in total. The monoisotopic (exact) mass is 357 g/mol. The molecule has 140 valence electrons. The molecule has 0 aliphatic carbocycles. The van der Waals surface area contributed by atoms with Gasteiger partial charge >= 0.3 is 5.97 Å². The summed E-state index contributed by atoms with van der Waals surface area (Å²) in [6, 6.07) is 17.6. The van der Waals surface area contributed by atoms with E-state index in [1.54, 1.807) is 6.92 Å². The molecule has 0 saturated heterocycles. The second kappa shape index (κ2) is 10.6. The van der Waals surface area contributed by atoms with Gasteiger partial charge in [0, 0.05) is 12.5 Å². The Labute approximate surface area is 155 Å². The van der Waals surface area contributed by atoms with Crippen molar-refractivity contribution in [3.8, 4) is 5.75 Å². The lowest BCUT2D eigenvalue weighted by Gasteiger charge is -2.19. The molecule has 5 nitrogen and oxygen atoms in total. The summed E-state index contributed by atoms with van der Waals surface area (Å²) in [5, 5.41) is 13.4. The Kier molecular flexibility index (Phi) is 8.12. The number of ether oxygens (including phenoxy) is 2. The Bertz CT molecular complexity index is 657. The average molecular weight is 357 g/mol. The van der Waals surface area contributed by atoms with Crippen LogP contribution in [0.4, 0.5) is 0 Å². The molecule has 2 aromatic rings. The van der Waals surface area contributed by atoms with Crippen molar-refractivity contribution in [1.82, 2.24) is 5.32 Å². The lowest BCUT2D eigenvalue weighted by atomic mass is 10.1. The third-order valence-corrected chi connectivity index (χ3v) is 3.88. The minimum atomic E-state index is -0.584. The molecule has 0 spiro atoms. The van der Waals surface area contributed by atoms with Gasteiger partial charge in [-0.2, -0.15) is 0 Å². The first-order valence-corrected chi connectivity index (χ1v) is 8.92.